The lowest BCUT2D eigenvalue weighted by Gasteiger charge is -2.39. The van der Waals surface area contributed by atoms with E-state index in [1.165, 1.54) is 0 Å². The summed E-state index contributed by atoms with van der Waals surface area (Å²) in [6.07, 6.45) is 1.88. The smallest absolute Gasteiger partial charge is 0.322 e. The summed E-state index contributed by atoms with van der Waals surface area (Å²) in [5.74, 6) is 1.35. The molecule has 8 nitrogen and oxygen atoms in total. The Kier molecular flexibility index (Phi) is 4.09. The molecule has 0 spiro atoms. The second kappa shape index (κ2) is 5.92. The average molecular weight is 321 g/mol. The summed E-state index contributed by atoms with van der Waals surface area (Å²) in [6.45, 7) is 8.06. The van der Waals surface area contributed by atoms with E-state index < -0.39 is 11.6 Å². The molecule has 2 atom stereocenters. The van der Waals surface area contributed by atoms with Crippen LogP contribution in [0.25, 0.3) is 0 Å². The number of carbonyl (C=O) groups excluding carboxylic acids is 2. The highest BCUT2D eigenvalue weighted by molar-refractivity contribution is 6.06. The standard InChI is InChI=1S/C15H23N5O3/c1-9(2)12-16-11(19-23-12)8-20-6-4-5-10(7-20)15(3)13(21)17-14(22)18-15/h9-10H,4-8H2,1-3H3,(H2,17,18,21,22)/t10-,15-/m0/s1. The third kappa shape index (κ3) is 3.08. The van der Waals surface area contributed by atoms with Crippen LogP contribution in [0.15, 0.2) is 4.52 Å². The van der Waals surface area contributed by atoms with Crippen LogP contribution in [0.3, 0.4) is 0 Å². The first-order chi connectivity index (χ1) is 10.9. The van der Waals surface area contributed by atoms with Gasteiger partial charge in [0.2, 0.25) is 5.89 Å². The fourth-order valence-corrected chi connectivity index (χ4v) is 3.28. The van der Waals surface area contributed by atoms with Crippen molar-refractivity contribution in [3.8, 4) is 0 Å². The molecule has 23 heavy (non-hydrogen) atoms. The van der Waals surface area contributed by atoms with Gasteiger partial charge in [-0.3, -0.25) is 15.0 Å². The number of imide groups is 1. The molecule has 3 amide bonds. The molecule has 2 aliphatic heterocycles. The summed E-state index contributed by atoms with van der Waals surface area (Å²) in [5.41, 5.74) is -0.837. The Morgan fingerprint density at radius 1 is 1.43 bits per heavy atom. The lowest BCUT2D eigenvalue weighted by Crippen LogP contribution is -2.55. The zero-order valence-corrected chi connectivity index (χ0v) is 13.8. The number of carbonyl (C=O) groups is 2. The van der Waals surface area contributed by atoms with Gasteiger partial charge in [0.1, 0.15) is 5.54 Å². The van der Waals surface area contributed by atoms with Crippen molar-refractivity contribution in [3.05, 3.63) is 11.7 Å². The molecule has 0 bridgehead atoms. The summed E-state index contributed by atoms with van der Waals surface area (Å²) in [5, 5.41) is 9.14. The highest BCUT2D eigenvalue weighted by Crippen LogP contribution is 2.30. The van der Waals surface area contributed by atoms with Gasteiger partial charge >= 0.3 is 6.03 Å². The second-order valence-corrected chi connectivity index (χ2v) is 6.89. The number of hydrogen-bond donors (Lipinski definition) is 2. The van der Waals surface area contributed by atoms with Crippen LogP contribution in [0.2, 0.25) is 0 Å². The van der Waals surface area contributed by atoms with E-state index in [1.54, 1.807) is 6.92 Å². The van der Waals surface area contributed by atoms with Crippen molar-refractivity contribution in [1.82, 2.24) is 25.7 Å². The fourth-order valence-electron chi connectivity index (χ4n) is 3.28. The summed E-state index contributed by atoms with van der Waals surface area (Å²) < 4.78 is 5.24. The molecule has 1 aromatic heterocycles. The normalized spacial score (nSPS) is 29.0. The van der Waals surface area contributed by atoms with Gasteiger partial charge in [-0.1, -0.05) is 19.0 Å². The van der Waals surface area contributed by atoms with E-state index in [1.807, 2.05) is 13.8 Å². The van der Waals surface area contributed by atoms with E-state index in [9.17, 15) is 9.59 Å². The van der Waals surface area contributed by atoms with Crippen molar-refractivity contribution in [3.63, 3.8) is 0 Å². The van der Waals surface area contributed by atoms with Gasteiger partial charge in [-0.05, 0) is 26.3 Å². The predicted octanol–water partition coefficient (Wildman–Crippen LogP) is 1.00. The maximum absolute atomic E-state index is 12.1. The Morgan fingerprint density at radius 2 is 2.22 bits per heavy atom. The minimum absolute atomic E-state index is 0.0687. The molecule has 2 aliphatic rings. The molecule has 2 fully saturated rings. The zero-order chi connectivity index (χ0) is 16.6. The average Bonchev–Trinajstić information content (AvgIpc) is 3.05. The van der Waals surface area contributed by atoms with Crippen LogP contribution < -0.4 is 10.6 Å². The number of amides is 3. The molecule has 0 aromatic carbocycles. The van der Waals surface area contributed by atoms with E-state index in [-0.39, 0.29) is 17.7 Å². The first-order valence-electron chi connectivity index (χ1n) is 8.07. The predicted molar refractivity (Wildman–Crippen MR) is 81.5 cm³/mol. The van der Waals surface area contributed by atoms with Crippen LogP contribution >= 0.6 is 0 Å². The van der Waals surface area contributed by atoms with Crippen LogP contribution in [0.1, 0.15) is 51.2 Å². The Hall–Kier alpha value is -1.96. The lowest BCUT2D eigenvalue weighted by atomic mass is 9.80. The monoisotopic (exact) mass is 321 g/mol. The number of hydrogen-bond acceptors (Lipinski definition) is 6. The molecule has 2 saturated heterocycles. The van der Waals surface area contributed by atoms with Crippen LogP contribution in [0.5, 0.6) is 0 Å². The number of likely N-dealkylation sites (tertiary alicyclic amines) is 1. The quantitative estimate of drug-likeness (QED) is 0.803. The third-order valence-electron chi connectivity index (χ3n) is 4.74. The Morgan fingerprint density at radius 3 is 2.83 bits per heavy atom. The maximum atomic E-state index is 12.1. The summed E-state index contributed by atoms with van der Waals surface area (Å²) in [7, 11) is 0. The number of aromatic nitrogens is 2. The molecule has 2 N–H and O–H groups in total. The van der Waals surface area contributed by atoms with Gasteiger partial charge in [0, 0.05) is 18.4 Å². The molecular weight excluding hydrogens is 298 g/mol. The van der Waals surface area contributed by atoms with Gasteiger partial charge in [-0.2, -0.15) is 4.98 Å². The minimum Gasteiger partial charge on any atom is -0.339 e. The van der Waals surface area contributed by atoms with Gasteiger partial charge < -0.3 is 9.84 Å². The largest absolute Gasteiger partial charge is 0.339 e. The molecule has 0 aliphatic carbocycles. The summed E-state index contributed by atoms with van der Waals surface area (Å²) in [4.78, 5) is 30.2. The van der Waals surface area contributed by atoms with Gasteiger partial charge in [-0.15, -0.1) is 0 Å². The molecule has 0 radical (unpaired) electrons. The molecule has 3 rings (SSSR count). The summed E-state index contributed by atoms with van der Waals surface area (Å²) >= 11 is 0. The Bertz CT molecular complexity index is 614. The van der Waals surface area contributed by atoms with Crippen LogP contribution in [-0.4, -0.2) is 45.6 Å². The minimum atomic E-state index is -0.837. The van der Waals surface area contributed by atoms with Crippen molar-refractivity contribution >= 4 is 11.9 Å². The number of nitrogens with zero attached hydrogens (tertiary/aromatic N) is 3. The molecule has 0 unspecified atom stereocenters. The first-order valence-corrected chi connectivity index (χ1v) is 8.07. The SMILES string of the molecule is CC(C)c1nc(CN2CCC[C@H]([C@]3(C)NC(=O)NC3=O)C2)no1. The van der Waals surface area contributed by atoms with Gasteiger partial charge in [-0.25, -0.2) is 4.79 Å². The van der Waals surface area contributed by atoms with Crippen molar-refractivity contribution in [2.45, 2.75) is 51.6 Å². The first kappa shape index (κ1) is 15.9. The molecular formula is C15H23N5O3. The van der Waals surface area contributed by atoms with E-state index in [2.05, 4.69) is 25.7 Å². The van der Waals surface area contributed by atoms with Crippen molar-refractivity contribution < 1.29 is 14.1 Å². The zero-order valence-electron chi connectivity index (χ0n) is 13.8. The Balaban J connectivity index is 1.66. The van der Waals surface area contributed by atoms with Crippen molar-refractivity contribution in [1.29, 1.82) is 0 Å². The topological polar surface area (TPSA) is 100 Å². The molecule has 1 aromatic rings. The van der Waals surface area contributed by atoms with Crippen LogP contribution in [-0.2, 0) is 11.3 Å². The number of piperidine rings is 1. The molecule has 126 valence electrons. The highest BCUT2D eigenvalue weighted by atomic mass is 16.5. The fraction of sp³-hybridized carbons (Fsp3) is 0.733. The lowest BCUT2D eigenvalue weighted by molar-refractivity contribution is -0.126. The van der Waals surface area contributed by atoms with Gasteiger partial charge in [0.25, 0.3) is 5.91 Å². The second-order valence-electron chi connectivity index (χ2n) is 6.89. The molecule has 8 heteroatoms. The number of nitrogens with one attached hydrogen (secondary N) is 2. The number of urea groups is 1. The Labute approximate surface area is 135 Å². The van der Waals surface area contributed by atoms with E-state index in [0.29, 0.717) is 18.3 Å². The van der Waals surface area contributed by atoms with E-state index in [0.717, 1.165) is 25.9 Å². The van der Waals surface area contributed by atoms with Gasteiger partial charge in [0.15, 0.2) is 5.82 Å². The third-order valence-corrected chi connectivity index (χ3v) is 4.74. The van der Waals surface area contributed by atoms with E-state index in [4.69, 9.17) is 4.52 Å². The maximum Gasteiger partial charge on any atom is 0.322 e. The highest BCUT2D eigenvalue weighted by Gasteiger charge is 2.48. The number of rotatable bonds is 4. The van der Waals surface area contributed by atoms with Crippen LogP contribution in [0.4, 0.5) is 4.79 Å². The van der Waals surface area contributed by atoms with Gasteiger partial charge in [0.05, 0.1) is 6.54 Å². The molecule has 3 heterocycles. The van der Waals surface area contributed by atoms with Crippen molar-refractivity contribution in [2.75, 3.05) is 13.1 Å². The van der Waals surface area contributed by atoms with Crippen LogP contribution in [0, 0.1) is 5.92 Å². The summed E-state index contributed by atoms with van der Waals surface area (Å²) in [6, 6.07) is -0.408. The van der Waals surface area contributed by atoms with E-state index >= 15 is 0 Å². The molecule has 0 saturated carbocycles. The van der Waals surface area contributed by atoms with Crippen molar-refractivity contribution in [2.24, 2.45) is 5.92 Å².